The Kier molecular flexibility index (Phi) is 5.51. The number of carbonyl (C=O) groups is 1. The van der Waals surface area contributed by atoms with Gasteiger partial charge >= 0.3 is 6.09 Å². The van der Waals surface area contributed by atoms with Gasteiger partial charge in [-0.3, -0.25) is 0 Å². The number of anilines is 1. The summed E-state index contributed by atoms with van der Waals surface area (Å²) in [7, 11) is 0. The molecule has 0 aromatic heterocycles. The second-order valence-electron chi connectivity index (χ2n) is 8.39. The molecule has 1 aliphatic rings. The van der Waals surface area contributed by atoms with Gasteiger partial charge in [-0.1, -0.05) is 84.9 Å². The van der Waals surface area contributed by atoms with Crippen LogP contribution in [0.5, 0.6) is 0 Å². The molecule has 0 fully saturated rings. The summed E-state index contributed by atoms with van der Waals surface area (Å²) in [4.78, 5) is 14.0. The lowest BCUT2D eigenvalue weighted by atomic mass is 9.93. The van der Waals surface area contributed by atoms with E-state index < -0.39 is 6.09 Å². The lowest BCUT2D eigenvalue weighted by molar-refractivity contribution is 0.190. The Bertz CT molecular complexity index is 1250. The monoisotopic (exact) mass is 422 g/mol. The molecule has 4 nitrogen and oxygen atoms in total. The molecule has 0 bridgehead atoms. The molecule has 5 rings (SSSR count). The summed E-state index contributed by atoms with van der Waals surface area (Å²) >= 11 is 0. The Morgan fingerprint density at radius 3 is 2.53 bits per heavy atom. The number of nitrogens with zero attached hydrogens (tertiary/aromatic N) is 1. The molecule has 0 saturated carbocycles. The lowest BCUT2D eigenvalue weighted by Gasteiger charge is -2.21. The number of nitrogens with one attached hydrogen (secondary N) is 1. The number of hydrogen-bond donors (Lipinski definition) is 2. The molecule has 4 aromatic rings. The van der Waals surface area contributed by atoms with Crippen LogP contribution in [0.2, 0.25) is 0 Å². The normalized spacial score (nSPS) is 13.7. The fraction of sp³-hybridized carbons (Fsp3) is 0.179. The van der Waals surface area contributed by atoms with Gasteiger partial charge in [0.15, 0.2) is 0 Å². The van der Waals surface area contributed by atoms with Gasteiger partial charge < -0.3 is 15.3 Å². The molecule has 32 heavy (non-hydrogen) atoms. The van der Waals surface area contributed by atoms with E-state index in [2.05, 4.69) is 70.9 Å². The molecule has 4 heteroatoms. The van der Waals surface area contributed by atoms with Gasteiger partial charge in [0.1, 0.15) is 0 Å². The Balaban J connectivity index is 1.41. The maximum atomic E-state index is 11.6. The maximum Gasteiger partial charge on any atom is 0.405 e. The number of hydrogen-bond acceptors (Lipinski definition) is 2. The topological polar surface area (TPSA) is 52.6 Å². The zero-order chi connectivity index (χ0) is 21.9. The highest BCUT2D eigenvalue weighted by Crippen LogP contribution is 2.32. The number of amides is 1. The minimum atomic E-state index is -1.00. The molecule has 4 aromatic carbocycles. The van der Waals surface area contributed by atoms with E-state index >= 15 is 0 Å². The molecule has 0 radical (unpaired) electrons. The standard InChI is InChI=1S/C28H26N2O2/c31-28(32)29-26(25-12-6-10-22-9-4-5-11-24(22)25)18-21-13-14-27-23(17-21)15-16-30(27)19-20-7-2-1-3-8-20/h1-14,17,26,29H,15-16,18-19H2,(H,31,32). The molecule has 1 unspecified atom stereocenters. The van der Waals surface area contributed by atoms with E-state index in [1.54, 1.807) is 0 Å². The molecule has 160 valence electrons. The fourth-order valence-electron chi connectivity index (χ4n) is 4.80. The minimum absolute atomic E-state index is 0.307. The Labute approximate surface area is 188 Å². The highest BCUT2D eigenvalue weighted by atomic mass is 16.4. The first-order chi connectivity index (χ1) is 15.7. The van der Waals surface area contributed by atoms with Gasteiger partial charge in [-0.25, -0.2) is 4.79 Å². The minimum Gasteiger partial charge on any atom is -0.465 e. The van der Waals surface area contributed by atoms with Gasteiger partial charge in [0.2, 0.25) is 0 Å². The third-order valence-electron chi connectivity index (χ3n) is 6.29. The van der Waals surface area contributed by atoms with Crippen LogP contribution in [0.25, 0.3) is 10.8 Å². The van der Waals surface area contributed by atoms with Crippen molar-refractivity contribution < 1.29 is 9.90 Å². The second kappa shape index (κ2) is 8.75. The van der Waals surface area contributed by atoms with Crippen molar-refractivity contribution in [2.45, 2.75) is 25.4 Å². The van der Waals surface area contributed by atoms with Crippen LogP contribution < -0.4 is 10.2 Å². The van der Waals surface area contributed by atoms with Gasteiger partial charge in [0.25, 0.3) is 0 Å². The molecule has 1 atom stereocenters. The fourth-order valence-corrected chi connectivity index (χ4v) is 4.80. The highest BCUT2D eigenvalue weighted by Gasteiger charge is 2.22. The van der Waals surface area contributed by atoms with E-state index in [0.717, 1.165) is 41.4 Å². The molecule has 1 amide bonds. The first-order valence-electron chi connectivity index (χ1n) is 11.1. The lowest BCUT2D eigenvalue weighted by Crippen LogP contribution is -2.28. The van der Waals surface area contributed by atoms with E-state index in [4.69, 9.17) is 0 Å². The van der Waals surface area contributed by atoms with Crippen LogP contribution in [0.4, 0.5) is 10.5 Å². The van der Waals surface area contributed by atoms with Gasteiger partial charge in [-0.05, 0) is 51.9 Å². The largest absolute Gasteiger partial charge is 0.465 e. The summed E-state index contributed by atoms with van der Waals surface area (Å²) in [6.07, 6.45) is 0.631. The first kappa shape index (κ1) is 20.1. The smallest absolute Gasteiger partial charge is 0.405 e. The van der Waals surface area contributed by atoms with Crippen LogP contribution >= 0.6 is 0 Å². The Hall–Kier alpha value is -3.79. The quantitative estimate of drug-likeness (QED) is 0.403. The SMILES string of the molecule is O=C(O)NC(Cc1ccc2c(c1)CCN2Cc1ccccc1)c1cccc2ccccc12. The zero-order valence-corrected chi connectivity index (χ0v) is 17.9. The van der Waals surface area contributed by atoms with Crippen molar-refractivity contribution >= 4 is 22.6 Å². The van der Waals surface area contributed by atoms with Crippen molar-refractivity contribution in [1.29, 1.82) is 0 Å². The van der Waals surface area contributed by atoms with Gasteiger partial charge in [-0.15, -0.1) is 0 Å². The first-order valence-corrected chi connectivity index (χ1v) is 11.1. The van der Waals surface area contributed by atoms with E-state index in [-0.39, 0.29) is 6.04 Å². The maximum absolute atomic E-state index is 11.6. The van der Waals surface area contributed by atoms with Crippen molar-refractivity contribution in [1.82, 2.24) is 5.32 Å². The number of rotatable bonds is 6. The summed E-state index contributed by atoms with van der Waals surface area (Å²) < 4.78 is 0. The van der Waals surface area contributed by atoms with E-state index in [1.807, 2.05) is 30.3 Å². The Morgan fingerprint density at radius 1 is 0.906 bits per heavy atom. The van der Waals surface area contributed by atoms with Crippen LogP contribution in [-0.2, 0) is 19.4 Å². The summed E-state index contributed by atoms with van der Waals surface area (Å²) in [5.74, 6) is 0. The third-order valence-corrected chi connectivity index (χ3v) is 6.29. The molecule has 0 saturated heterocycles. The average molecular weight is 423 g/mol. The molecule has 0 spiro atoms. The summed E-state index contributed by atoms with van der Waals surface area (Å²) in [6.45, 7) is 1.92. The van der Waals surface area contributed by atoms with Crippen molar-refractivity contribution in [3.63, 3.8) is 0 Å². The average Bonchev–Trinajstić information content (AvgIpc) is 3.20. The molecule has 2 N–H and O–H groups in total. The summed E-state index contributed by atoms with van der Waals surface area (Å²) in [5.41, 5.74) is 6.09. The molecular formula is C28H26N2O2. The van der Waals surface area contributed by atoms with Crippen LogP contribution in [-0.4, -0.2) is 17.7 Å². The van der Waals surface area contributed by atoms with Gasteiger partial charge in [0.05, 0.1) is 6.04 Å². The predicted molar refractivity (Wildman–Crippen MR) is 129 cm³/mol. The number of carboxylic acid groups (broad SMARTS) is 1. The highest BCUT2D eigenvalue weighted by molar-refractivity contribution is 5.86. The molecule has 1 heterocycles. The number of benzene rings is 4. The van der Waals surface area contributed by atoms with E-state index in [0.29, 0.717) is 6.42 Å². The predicted octanol–water partition coefficient (Wildman–Crippen LogP) is 5.95. The zero-order valence-electron chi connectivity index (χ0n) is 17.9. The third kappa shape index (κ3) is 4.17. The summed E-state index contributed by atoms with van der Waals surface area (Å²) in [5, 5.41) is 14.5. The van der Waals surface area contributed by atoms with Crippen LogP contribution in [0.3, 0.4) is 0 Å². The molecule has 0 aliphatic carbocycles. The molecular weight excluding hydrogens is 396 g/mol. The van der Waals surface area contributed by atoms with Crippen molar-refractivity contribution in [2.24, 2.45) is 0 Å². The second-order valence-corrected chi connectivity index (χ2v) is 8.39. The van der Waals surface area contributed by atoms with Crippen molar-refractivity contribution in [2.75, 3.05) is 11.4 Å². The Morgan fingerprint density at radius 2 is 1.69 bits per heavy atom. The van der Waals surface area contributed by atoms with E-state index in [1.165, 1.54) is 16.8 Å². The van der Waals surface area contributed by atoms with Crippen LogP contribution in [0.1, 0.15) is 28.3 Å². The molecule has 1 aliphatic heterocycles. The van der Waals surface area contributed by atoms with E-state index in [9.17, 15) is 9.90 Å². The van der Waals surface area contributed by atoms with Crippen LogP contribution in [0.15, 0.2) is 91.0 Å². The summed E-state index contributed by atoms with van der Waals surface area (Å²) in [6, 6.07) is 31.0. The number of fused-ring (bicyclic) bond motifs is 2. The van der Waals surface area contributed by atoms with Crippen molar-refractivity contribution in [3.05, 3.63) is 113 Å². The van der Waals surface area contributed by atoms with Gasteiger partial charge in [-0.2, -0.15) is 0 Å². The van der Waals surface area contributed by atoms with Crippen molar-refractivity contribution in [3.8, 4) is 0 Å². The van der Waals surface area contributed by atoms with Gasteiger partial charge in [0, 0.05) is 18.8 Å². The van der Waals surface area contributed by atoms with Crippen LogP contribution in [0, 0.1) is 0 Å².